The predicted molar refractivity (Wildman–Crippen MR) is 147 cm³/mol. The van der Waals surface area contributed by atoms with E-state index in [9.17, 15) is 4.79 Å². The smallest absolute Gasteiger partial charge is 0.269 e. The topological polar surface area (TPSA) is 50.2 Å². The van der Waals surface area contributed by atoms with Gasteiger partial charge in [-0.15, -0.1) is 11.3 Å². The molecule has 0 radical (unpaired) electrons. The van der Waals surface area contributed by atoms with Crippen LogP contribution in [0.25, 0.3) is 37.0 Å². The third-order valence-electron chi connectivity index (χ3n) is 6.18. The average Bonchev–Trinajstić information content (AvgIpc) is 3.47. The van der Waals surface area contributed by atoms with Gasteiger partial charge in [-0.05, 0) is 48.8 Å². The third kappa shape index (κ3) is 4.72. The molecule has 5 nitrogen and oxygen atoms in total. The molecule has 5 aromatic rings. The molecule has 6 heteroatoms. The summed E-state index contributed by atoms with van der Waals surface area (Å²) in [5.74, 6) is -0.119. The van der Waals surface area contributed by atoms with Crippen LogP contribution < -0.4 is 5.32 Å². The molecule has 0 aliphatic heterocycles. The van der Waals surface area contributed by atoms with Gasteiger partial charge in [0, 0.05) is 38.9 Å². The zero-order valence-corrected chi connectivity index (χ0v) is 21.4. The van der Waals surface area contributed by atoms with Crippen LogP contribution in [-0.4, -0.2) is 47.5 Å². The number of rotatable bonds is 7. The van der Waals surface area contributed by atoms with E-state index >= 15 is 0 Å². The van der Waals surface area contributed by atoms with Gasteiger partial charge in [-0.25, -0.2) is 4.98 Å². The number of carbonyl (C=O) groups excluding carboxylic acids is 1. The molecule has 0 atom stereocenters. The van der Waals surface area contributed by atoms with Crippen LogP contribution in [0.1, 0.15) is 24.3 Å². The summed E-state index contributed by atoms with van der Waals surface area (Å²) in [5, 5.41) is 5.66. The molecule has 178 valence electrons. The van der Waals surface area contributed by atoms with Crippen molar-refractivity contribution in [3.8, 4) is 16.8 Å². The Morgan fingerprint density at radius 1 is 1.03 bits per heavy atom. The van der Waals surface area contributed by atoms with Crippen LogP contribution in [0.15, 0.2) is 79.3 Å². The summed E-state index contributed by atoms with van der Waals surface area (Å²) in [6.07, 6.45) is 3.34. The first kappa shape index (κ1) is 23.3. The second-order valence-electron chi connectivity index (χ2n) is 10.1. The lowest BCUT2D eigenvalue weighted by Crippen LogP contribution is -2.40. The SMILES string of the molecule is CN(C)CC(C)(C)CNC(=O)c1cncn1-c1cccc(-c2cccc3c2sc2ccccc23)c1. The first-order valence-electron chi connectivity index (χ1n) is 11.8. The first-order valence-corrected chi connectivity index (χ1v) is 12.6. The van der Waals surface area contributed by atoms with Gasteiger partial charge in [-0.3, -0.25) is 9.36 Å². The average molecular weight is 483 g/mol. The van der Waals surface area contributed by atoms with Crippen LogP contribution in [0.5, 0.6) is 0 Å². The first-order chi connectivity index (χ1) is 16.8. The van der Waals surface area contributed by atoms with Crippen molar-refractivity contribution in [2.24, 2.45) is 5.41 Å². The summed E-state index contributed by atoms with van der Waals surface area (Å²) in [7, 11) is 4.09. The van der Waals surface area contributed by atoms with Crippen LogP contribution in [0.3, 0.4) is 0 Å². The summed E-state index contributed by atoms with van der Waals surface area (Å²) < 4.78 is 4.43. The number of imidazole rings is 1. The molecule has 3 aromatic carbocycles. The van der Waals surface area contributed by atoms with Crippen LogP contribution in [0, 0.1) is 5.41 Å². The van der Waals surface area contributed by atoms with Crippen LogP contribution in [0.4, 0.5) is 0 Å². The Morgan fingerprint density at radius 3 is 2.63 bits per heavy atom. The summed E-state index contributed by atoms with van der Waals surface area (Å²) in [4.78, 5) is 19.5. The van der Waals surface area contributed by atoms with E-state index in [1.54, 1.807) is 12.5 Å². The van der Waals surface area contributed by atoms with Gasteiger partial charge in [0.2, 0.25) is 0 Å². The molecule has 0 unspecified atom stereocenters. The molecule has 0 aliphatic carbocycles. The minimum absolute atomic E-state index is 0.0349. The number of fused-ring (bicyclic) bond motifs is 3. The standard InChI is InChI=1S/C29H30N4OS/c1-29(2,18-32(3)4)17-31-28(34)25-16-30-19-33(25)21-10-7-9-20(15-21)22-12-8-13-24-23-11-5-6-14-26(23)35-27(22)24/h5-16,19H,17-18H2,1-4H3,(H,31,34). The predicted octanol–water partition coefficient (Wildman–Crippen LogP) is 6.22. The molecule has 1 N–H and O–H groups in total. The monoisotopic (exact) mass is 482 g/mol. The minimum atomic E-state index is -0.119. The fourth-order valence-corrected chi connectivity index (χ4v) is 6.03. The van der Waals surface area contributed by atoms with Gasteiger partial charge in [0.1, 0.15) is 5.69 Å². The van der Waals surface area contributed by atoms with E-state index in [0.29, 0.717) is 12.2 Å². The molecule has 5 rings (SSSR count). The van der Waals surface area contributed by atoms with Crippen molar-refractivity contribution in [3.63, 3.8) is 0 Å². The number of aromatic nitrogens is 2. The lowest BCUT2D eigenvalue weighted by molar-refractivity contribution is 0.0922. The number of hydrogen-bond donors (Lipinski definition) is 1. The molecular formula is C29H30N4OS. The number of hydrogen-bond acceptors (Lipinski definition) is 4. The van der Waals surface area contributed by atoms with Gasteiger partial charge in [0.05, 0.1) is 12.5 Å². The van der Waals surface area contributed by atoms with Gasteiger partial charge in [-0.1, -0.05) is 62.4 Å². The lowest BCUT2D eigenvalue weighted by Gasteiger charge is -2.28. The summed E-state index contributed by atoms with van der Waals surface area (Å²) in [6.45, 7) is 5.78. The van der Waals surface area contributed by atoms with Gasteiger partial charge in [0.25, 0.3) is 5.91 Å². The van der Waals surface area contributed by atoms with Crippen molar-refractivity contribution in [1.29, 1.82) is 0 Å². The number of carbonyl (C=O) groups is 1. The lowest BCUT2D eigenvalue weighted by atomic mass is 9.93. The highest BCUT2D eigenvalue weighted by atomic mass is 32.1. The Bertz CT molecular complexity index is 1510. The Labute approximate surface area is 210 Å². The van der Waals surface area contributed by atoms with E-state index in [0.717, 1.165) is 17.8 Å². The minimum Gasteiger partial charge on any atom is -0.350 e. The highest BCUT2D eigenvalue weighted by Gasteiger charge is 2.22. The normalized spacial score (nSPS) is 12.0. The Hall–Kier alpha value is -3.48. The number of thiophene rings is 1. The van der Waals surface area contributed by atoms with Crippen molar-refractivity contribution >= 4 is 37.4 Å². The molecule has 0 fully saturated rings. The summed E-state index contributed by atoms with van der Waals surface area (Å²) in [5.41, 5.74) is 3.72. The Morgan fingerprint density at radius 2 is 1.80 bits per heavy atom. The molecule has 2 aromatic heterocycles. The number of nitrogens with one attached hydrogen (secondary N) is 1. The number of benzene rings is 3. The largest absolute Gasteiger partial charge is 0.350 e. The van der Waals surface area contributed by atoms with Crippen LogP contribution in [0.2, 0.25) is 0 Å². The van der Waals surface area contributed by atoms with Crippen molar-refractivity contribution < 1.29 is 4.79 Å². The van der Waals surface area contributed by atoms with Crippen LogP contribution >= 0.6 is 11.3 Å². The molecule has 35 heavy (non-hydrogen) atoms. The number of nitrogens with zero attached hydrogens (tertiary/aromatic N) is 3. The fraction of sp³-hybridized carbons (Fsp3) is 0.241. The van der Waals surface area contributed by atoms with E-state index in [2.05, 4.69) is 83.6 Å². The molecule has 0 bridgehead atoms. The van der Waals surface area contributed by atoms with Crippen molar-refractivity contribution in [1.82, 2.24) is 19.8 Å². The molecular weight excluding hydrogens is 452 g/mol. The molecule has 0 spiro atoms. The molecule has 0 aliphatic rings. The zero-order valence-electron chi connectivity index (χ0n) is 20.6. The number of amides is 1. The maximum absolute atomic E-state index is 13.1. The van der Waals surface area contributed by atoms with E-state index in [4.69, 9.17) is 0 Å². The van der Waals surface area contributed by atoms with Crippen molar-refractivity contribution in [2.45, 2.75) is 13.8 Å². The zero-order chi connectivity index (χ0) is 24.6. The Balaban J connectivity index is 1.46. The van der Waals surface area contributed by atoms with E-state index in [1.165, 1.54) is 25.7 Å². The highest BCUT2D eigenvalue weighted by Crippen LogP contribution is 2.40. The van der Waals surface area contributed by atoms with E-state index in [1.807, 2.05) is 42.1 Å². The van der Waals surface area contributed by atoms with E-state index in [-0.39, 0.29) is 11.3 Å². The van der Waals surface area contributed by atoms with Gasteiger partial charge in [0.15, 0.2) is 0 Å². The van der Waals surface area contributed by atoms with E-state index < -0.39 is 0 Å². The van der Waals surface area contributed by atoms with Crippen LogP contribution in [-0.2, 0) is 0 Å². The third-order valence-corrected chi connectivity index (χ3v) is 7.40. The second kappa shape index (κ2) is 9.29. The maximum atomic E-state index is 13.1. The summed E-state index contributed by atoms with van der Waals surface area (Å²) >= 11 is 1.82. The van der Waals surface area contributed by atoms with Crippen molar-refractivity contribution in [3.05, 3.63) is 84.9 Å². The fourth-order valence-electron chi connectivity index (χ4n) is 4.79. The molecule has 0 saturated heterocycles. The van der Waals surface area contributed by atoms with Gasteiger partial charge < -0.3 is 10.2 Å². The van der Waals surface area contributed by atoms with Gasteiger partial charge >= 0.3 is 0 Å². The summed E-state index contributed by atoms with van der Waals surface area (Å²) in [6, 6.07) is 23.3. The van der Waals surface area contributed by atoms with Crippen molar-refractivity contribution in [2.75, 3.05) is 27.2 Å². The quantitative estimate of drug-likeness (QED) is 0.299. The van der Waals surface area contributed by atoms with Gasteiger partial charge in [-0.2, -0.15) is 0 Å². The molecule has 0 saturated carbocycles. The second-order valence-corrected chi connectivity index (χ2v) is 11.1. The highest BCUT2D eigenvalue weighted by molar-refractivity contribution is 7.26. The maximum Gasteiger partial charge on any atom is 0.269 e. The molecule has 1 amide bonds. The Kier molecular flexibility index (Phi) is 6.17. The molecule has 2 heterocycles.